The molecule has 24 heavy (non-hydrogen) atoms. The van der Waals surface area contributed by atoms with Crippen LogP contribution in [0.15, 0.2) is 42.6 Å². The quantitative estimate of drug-likeness (QED) is 0.688. The number of amides is 1. The van der Waals surface area contributed by atoms with Gasteiger partial charge < -0.3 is 15.2 Å². The molecule has 1 aliphatic rings. The standard InChI is InChI=1S/C18H17N3O3/c22-7-8-24-15-4-2-1-3-12(15)13-9-16(23)20-14-6-5-11-10-19-21-18(11)17(13)14/h1-6,10,13,22H,7-9H2,(H,19,21)(H,20,23). The Labute approximate surface area is 138 Å². The van der Waals surface area contributed by atoms with Crippen molar-refractivity contribution in [1.82, 2.24) is 10.2 Å². The molecule has 6 nitrogen and oxygen atoms in total. The van der Waals surface area contributed by atoms with E-state index in [1.165, 1.54) is 0 Å². The number of aromatic nitrogens is 2. The average molecular weight is 323 g/mol. The summed E-state index contributed by atoms with van der Waals surface area (Å²) >= 11 is 0. The zero-order chi connectivity index (χ0) is 16.5. The first kappa shape index (κ1) is 14.7. The first-order valence-electron chi connectivity index (χ1n) is 7.86. The maximum Gasteiger partial charge on any atom is 0.225 e. The van der Waals surface area contributed by atoms with Crippen LogP contribution in [0.2, 0.25) is 0 Å². The van der Waals surface area contributed by atoms with Gasteiger partial charge in [0.05, 0.1) is 18.3 Å². The number of H-pyrrole nitrogens is 1. The van der Waals surface area contributed by atoms with E-state index in [1.54, 1.807) is 6.20 Å². The molecule has 3 N–H and O–H groups in total. The van der Waals surface area contributed by atoms with Gasteiger partial charge >= 0.3 is 0 Å². The van der Waals surface area contributed by atoms with Crippen molar-refractivity contribution in [2.75, 3.05) is 18.5 Å². The summed E-state index contributed by atoms with van der Waals surface area (Å²) in [6.07, 6.45) is 2.11. The number of aliphatic hydroxyl groups is 1. The molecular formula is C18H17N3O3. The van der Waals surface area contributed by atoms with Crippen LogP contribution < -0.4 is 10.1 Å². The van der Waals surface area contributed by atoms with E-state index in [9.17, 15) is 4.79 Å². The number of para-hydroxylation sites is 1. The van der Waals surface area contributed by atoms with Crippen LogP contribution in [0.5, 0.6) is 5.75 Å². The number of aliphatic hydroxyl groups excluding tert-OH is 1. The Morgan fingerprint density at radius 1 is 1.25 bits per heavy atom. The predicted molar refractivity (Wildman–Crippen MR) is 90.2 cm³/mol. The smallest absolute Gasteiger partial charge is 0.225 e. The molecule has 0 aliphatic carbocycles. The highest BCUT2D eigenvalue weighted by molar-refractivity contribution is 6.00. The maximum absolute atomic E-state index is 12.2. The van der Waals surface area contributed by atoms with Gasteiger partial charge in [0, 0.05) is 34.5 Å². The lowest BCUT2D eigenvalue weighted by Gasteiger charge is -2.27. The van der Waals surface area contributed by atoms with Crippen molar-refractivity contribution < 1.29 is 14.6 Å². The number of rotatable bonds is 4. The first-order chi connectivity index (χ1) is 11.8. The van der Waals surface area contributed by atoms with Gasteiger partial charge in [-0.1, -0.05) is 18.2 Å². The third kappa shape index (κ3) is 2.41. The van der Waals surface area contributed by atoms with Gasteiger partial charge in [0.25, 0.3) is 0 Å². The monoisotopic (exact) mass is 323 g/mol. The summed E-state index contributed by atoms with van der Waals surface area (Å²) < 4.78 is 5.68. The number of hydrogen-bond donors (Lipinski definition) is 3. The molecule has 1 unspecified atom stereocenters. The number of hydrogen-bond acceptors (Lipinski definition) is 4. The second kappa shape index (κ2) is 5.98. The van der Waals surface area contributed by atoms with Crippen molar-refractivity contribution in [3.63, 3.8) is 0 Å². The summed E-state index contributed by atoms with van der Waals surface area (Å²) in [6.45, 7) is 0.165. The number of ether oxygens (including phenoxy) is 1. The van der Waals surface area contributed by atoms with E-state index in [0.717, 1.165) is 27.7 Å². The van der Waals surface area contributed by atoms with Gasteiger partial charge in [-0.15, -0.1) is 0 Å². The highest BCUT2D eigenvalue weighted by atomic mass is 16.5. The molecule has 0 fully saturated rings. The first-order valence-corrected chi connectivity index (χ1v) is 7.86. The van der Waals surface area contributed by atoms with Crippen LogP contribution >= 0.6 is 0 Å². The number of fused-ring (bicyclic) bond motifs is 3. The number of benzene rings is 2. The third-order valence-corrected chi connectivity index (χ3v) is 4.31. The maximum atomic E-state index is 12.2. The number of nitrogens with one attached hydrogen (secondary N) is 2. The molecule has 2 aromatic carbocycles. The van der Waals surface area contributed by atoms with E-state index in [4.69, 9.17) is 9.84 Å². The van der Waals surface area contributed by atoms with Crippen LogP contribution in [-0.4, -0.2) is 34.4 Å². The summed E-state index contributed by atoms with van der Waals surface area (Å²) in [5, 5.41) is 20.1. The predicted octanol–water partition coefficient (Wildman–Crippen LogP) is 2.41. The Kier molecular flexibility index (Phi) is 3.66. The fraction of sp³-hybridized carbons (Fsp3) is 0.222. The molecule has 0 bridgehead atoms. The van der Waals surface area contributed by atoms with Gasteiger partial charge in [-0.25, -0.2) is 0 Å². The molecule has 0 saturated heterocycles. The summed E-state index contributed by atoms with van der Waals surface area (Å²) in [4.78, 5) is 12.2. The van der Waals surface area contributed by atoms with Gasteiger partial charge in [-0.3, -0.25) is 9.89 Å². The molecule has 0 saturated carbocycles. The number of carbonyl (C=O) groups is 1. The lowest BCUT2D eigenvalue weighted by atomic mass is 9.83. The van der Waals surface area contributed by atoms with Crippen molar-refractivity contribution in [2.45, 2.75) is 12.3 Å². The Morgan fingerprint density at radius 3 is 3.00 bits per heavy atom. The molecule has 1 aliphatic heterocycles. The van der Waals surface area contributed by atoms with Crippen LogP contribution in [0.1, 0.15) is 23.5 Å². The molecule has 6 heteroatoms. The summed E-state index contributed by atoms with van der Waals surface area (Å²) in [6, 6.07) is 11.5. The Hall–Kier alpha value is -2.86. The van der Waals surface area contributed by atoms with Gasteiger partial charge in [-0.05, 0) is 18.2 Å². The van der Waals surface area contributed by atoms with Crippen molar-refractivity contribution in [2.24, 2.45) is 0 Å². The van der Waals surface area contributed by atoms with Crippen LogP contribution in [0.25, 0.3) is 10.9 Å². The highest BCUT2D eigenvalue weighted by Gasteiger charge is 2.30. The lowest BCUT2D eigenvalue weighted by Crippen LogP contribution is -2.24. The summed E-state index contributed by atoms with van der Waals surface area (Å²) in [5.41, 5.74) is 3.67. The van der Waals surface area contributed by atoms with Crippen LogP contribution in [-0.2, 0) is 4.79 Å². The second-order valence-corrected chi connectivity index (χ2v) is 5.78. The highest BCUT2D eigenvalue weighted by Crippen LogP contribution is 2.43. The minimum atomic E-state index is -0.132. The van der Waals surface area contributed by atoms with Crippen molar-refractivity contribution in [3.05, 3.63) is 53.7 Å². The van der Waals surface area contributed by atoms with Gasteiger partial charge in [-0.2, -0.15) is 5.10 Å². The average Bonchev–Trinajstić information content (AvgIpc) is 3.08. The van der Waals surface area contributed by atoms with E-state index in [-0.39, 0.29) is 25.0 Å². The van der Waals surface area contributed by atoms with E-state index >= 15 is 0 Å². The van der Waals surface area contributed by atoms with E-state index < -0.39 is 0 Å². The molecule has 0 radical (unpaired) electrons. The fourth-order valence-electron chi connectivity index (χ4n) is 3.32. The minimum Gasteiger partial charge on any atom is -0.491 e. The van der Waals surface area contributed by atoms with Crippen LogP contribution in [0.3, 0.4) is 0 Å². The normalized spacial score (nSPS) is 16.7. The topological polar surface area (TPSA) is 87.2 Å². The number of nitrogens with zero attached hydrogens (tertiary/aromatic N) is 1. The molecule has 122 valence electrons. The zero-order valence-corrected chi connectivity index (χ0v) is 13.0. The summed E-state index contributed by atoms with van der Waals surface area (Å²) in [7, 11) is 0. The molecule has 3 aromatic rings. The van der Waals surface area contributed by atoms with E-state index in [0.29, 0.717) is 12.2 Å². The van der Waals surface area contributed by atoms with E-state index in [1.807, 2.05) is 36.4 Å². The second-order valence-electron chi connectivity index (χ2n) is 5.78. The number of carbonyl (C=O) groups excluding carboxylic acids is 1. The number of anilines is 1. The van der Waals surface area contributed by atoms with Gasteiger partial charge in [0.2, 0.25) is 5.91 Å². The third-order valence-electron chi connectivity index (χ3n) is 4.31. The number of aromatic amines is 1. The zero-order valence-electron chi connectivity index (χ0n) is 13.0. The van der Waals surface area contributed by atoms with Crippen LogP contribution in [0, 0.1) is 0 Å². The van der Waals surface area contributed by atoms with Crippen LogP contribution in [0.4, 0.5) is 5.69 Å². The molecule has 0 spiro atoms. The minimum absolute atomic E-state index is 0.0247. The Balaban J connectivity index is 1.88. The molecule has 1 amide bonds. The molecule has 1 aromatic heterocycles. The lowest BCUT2D eigenvalue weighted by molar-refractivity contribution is -0.116. The fourth-order valence-corrected chi connectivity index (χ4v) is 3.32. The Morgan fingerprint density at radius 2 is 2.12 bits per heavy atom. The Bertz CT molecular complexity index is 903. The van der Waals surface area contributed by atoms with Crippen molar-refractivity contribution >= 4 is 22.5 Å². The molecular weight excluding hydrogens is 306 g/mol. The van der Waals surface area contributed by atoms with Gasteiger partial charge in [0.1, 0.15) is 12.4 Å². The van der Waals surface area contributed by atoms with Crippen molar-refractivity contribution in [1.29, 1.82) is 0 Å². The summed E-state index contributed by atoms with van der Waals surface area (Å²) in [5.74, 6) is 0.532. The molecule has 2 heterocycles. The molecule has 1 atom stereocenters. The van der Waals surface area contributed by atoms with Crippen molar-refractivity contribution in [3.8, 4) is 5.75 Å². The van der Waals surface area contributed by atoms with E-state index in [2.05, 4.69) is 15.5 Å². The van der Waals surface area contributed by atoms with Gasteiger partial charge in [0.15, 0.2) is 0 Å². The SMILES string of the molecule is O=C1CC(c2ccccc2OCCO)c2c(ccc3cn[nH]c23)N1. The largest absolute Gasteiger partial charge is 0.491 e. The molecule has 4 rings (SSSR count).